The van der Waals surface area contributed by atoms with E-state index in [9.17, 15) is 0 Å². The summed E-state index contributed by atoms with van der Waals surface area (Å²) in [5.74, 6) is 0.933. The smallest absolute Gasteiger partial charge is 0.119 e. The number of hydrogen-bond donors (Lipinski definition) is 1. The molecule has 0 spiro atoms. The van der Waals surface area contributed by atoms with Gasteiger partial charge in [-0.3, -0.25) is 0 Å². The number of hydrogen-bond acceptors (Lipinski definition) is 3. The summed E-state index contributed by atoms with van der Waals surface area (Å²) >= 11 is 0. The van der Waals surface area contributed by atoms with Gasteiger partial charge in [-0.15, -0.1) is 0 Å². The van der Waals surface area contributed by atoms with Gasteiger partial charge in [0.15, 0.2) is 0 Å². The van der Waals surface area contributed by atoms with Crippen molar-refractivity contribution in [2.24, 2.45) is 5.41 Å². The Morgan fingerprint density at radius 2 is 2.00 bits per heavy atom. The van der Waals surface area contributed by atoms with Crippen LogP contribution in [0.25, 0.3) is 0 Å². The van der Waals surface area contributed by atoms with Crippen LogP contribution < -0.4 is 10.1 Å². The van der Waals surface area contributed by atoms with Gasteiger partial charge in [-0.1, -0.05) is 26.0 Å². The van der Waals surface area contributed by atoms with Crippen molar-refractivity contribution in [3.05, 3.63) is 29.8 Å². The average molecular weight is 276 g/mol. The summed E-state index contributed by atoms with van der Waals surface area (Å²) in [6, 6.07) is 8.75. The van der Waals surface area contributed by atoms with Crippen LogP contribution >= 0.6 is 0 Å². The van der Waals surface area contributed by atoms with Crippen LogP contribution in [-0.4, -0.2) is 38.7 Å². The lowest BCUT2D eigenvalue weighted by Gasteiger charge is -2.38. The van der Waals surface area contributed by atoms with Gasteiger partial charge in [-0.25, -0.2) is 0 Å². The van der Waals surface area contributed by atoms with Crippen molar-refractivity contribution in [3.63, 3.8) is 0 Å². The van der Waals surface area contributed by atoms with Gasteiger partial charge in [0.25, 0.3) is 0 Å². The monoisotopic (exact) mass is 276 g/mol. The molecule has 1 fully saturated rings. The Morgan fingerprint density at radius 1 is 1.30 bits per heavy atom. The minimum absolute atomic E-state index is 0.367. The van der Waals surface area contributed by atoms with Crippen LogP contribution in [0, 0.1) is 5.41 Å². The topological polar surface area (TPSA) is 24.5 Å². The summed E-state index contributed by atoms with van der Waals surface area (Å²) in [7, 11) is 3.76. The third-order valence-electron chi connectivity index (χ3n) is 4.50. The standard InChI is InChI=1S/C17H28N2O/c1-17(2)8-10-19(11-9-17)13-16(18-3)14-6-5-7-15(12-14)20-4/h5-7,12,16,18H,8-11,13H2,1-4H3. The van der Waals surface area contributed by atoms with Crippen LogP contribution in [0.5, 0.6) is 5.75 Å². The highest BCUT2D eigenvalue weighted by Crippen LogP contribution is 2.30. The van der Waals surface area contributed by atoms with E-state index >= 15 is 0 Å². The van der Waals surface area contributed by atoms with Crippen LogP contribution in [-0.2, 0) is 0 Å². The fourth-order valence-corrected chi connectivity index (χ4v) is 2.82. The van der Waals surface area contributed by atoms with E-state index in [-0.39, 0.29) is 0 Å². The van der Waals surface area contributed by atoms with E-state index in [1.54, 1.807) is 7.11 Å². The van der Waals surface area contributed by atoms with Gasteiger partial charge in [-0.2, -0.15) is 0 Å². The molecule has 1 saturated heterocycles. The van der Waals surface area contributed by atoms with Gasteiger partial charge in [0.1, 0.15) is 5.75 Å². The van der Waals surface area contributed by atoms with Crippen LogP contribution in [0.1, 0.15) is 38.3 Å². The van der Waals surface area contributed by atoms with Crippen molar-refractivity contribution in [2.75, 3.05) is 33.8 Å². The molecule has 1 unspecified atom stereocenters. The molecular formula is C17H28N2O. The van der Waals surface area contributed by atoms with Crippen LogP contribution in [0.2, 0.25) is 0 Å². The maximum absolute atomic E-state index is 5.33. The molecule has 1 atom stereocenters. The molecule has 112 valence electrons. The zero-order valence-electron chi connectivity index (χ0n) is 13.3. The lowest BCUT2D eigenvalue weighted by Crippen LogP contribution is -2.41. The van der Waals surface area contributed by atoms with Crippen LogP contribution in [0.4, 0.5) is 0 Å². The average Bonchev–Trinajstić information content (AvgIpc) is 2.46. The second-order valence-electron chi connectivity index (χ2n) is 6.58. The first kappa shape index (κ1) is 15.3. The van der Waals surface area contributed by atoms with E-state index in [2.05, 4.69) is 42.3 Å². The number of likely N-dealkylation sites (N-methyl/N-ethyl adjacent to an activating group) is 1. The van der Waals surface area contributed by atoms with Crippen molar-refractivity contribution in [3.8, 4) is 5.75 Å². The Morgan fingerprint density at radius 3 is 2.60 bits per heavy atom. The molecule has 0 aliphatic carbocycles. The van der Waals surface area contributed by atoms with Gasteiger partial charge < -0.3 is 15.0 Å². The zero-order chi connectivity index (χ0) is 14.6. The highest BCUT2D eigenvalue weighted by Gasteiger charge is 2.26. The maximum Gasteiger partial charge on any atom is 0.119 e. The van der Waals surface area contributed by atoms with Crippen molar-refractivity contribution in [1.29, 1.82) is 0 Å². The molecule has 1 aromatic carbocycles. The van der Waals surface area contributed by atoms with E-state index < -0.39 is 0 Å². The number of benzene rings is 1. The first-order chi connectivity index (χ1) is 9.54. The first-order valence-corrected chi connectivity index (χ1v) is 7.58. The lowest BCUT2D eigenvalue weighted by atomic mass is 9.82. The number of nitrogens with one attached hydrogen (secondary N) is 1. The minimum atomic E-state index is 0.367. The highest BCUT2D eigenvalue weighted by molar-refractivity contribution is 5.30. The van der Waals surface area contributed by atoms with Crippen molar-refractivity contribution in [2.45, 2.75) is 32.7 Å². The first-order valence-electron chi connectivity index (χ1n) is 7.58. The Labute approximate surface area is 123 Å². The Bertz CT molecular complexity index is 421. The SMILES string of the molecule is CNC(CN1CCC(C)(C)CC1)c1cccc(OC)c1. The fourth-order valence-electron chi connectivity index (χ4n) is 2.82. The molecular weight excluding hydrogens is 248 g/mol. The molecule has 0 bridgehead atoms. The number of rotatable bonds is 5. The van der Waals surface area contributed by atoms with E-state index in [1.165, 1.54) is 31.5 Å². The number of nitrogens with zero attached hydrogens (tertiary/aromatic N) is 1. The van der Waals surface area contributed by atoms with Crippen molar-refractivity contribution < 1.29 is 4.74 Å². The van der Waals surface area contributed by atoms with E-state index in [4.69, 9.17) is 4.74 Å². The molecule has 1 aliphatic heterocycles. The molecule has 0 saturated carbocycles. The van der Waals surface area contributed by atoms with E-state index in [1.807, 2.05) is 13.1 Å². The molecule has 0 aromatic heterocycles. The van der Waals surface area contributed by atoms with E-state index in [0.29, 0.717) is 11.5 Å². The minimum Gasteiger partial charge on any atom is -0.497 e. The van der Waals surface area contributed by atoms with Gasteiger partial charge >= 0.3 is 0 Å². The number of methoxy groups -OCH3 is 1. The Balaban J connectivity index is 1.98. The second-order valence-corrected chi connectivity index (χ2v) is 6.58. The molecule has 3 heteroatoms. The number of ether oxygens (including phenoxy) is 1. The summed E-state index contributed by atoms with van der Waals surface area (Å²) in [5.41, 5.74) is 1.82. The highest BCUT2D eigenvalue weighted by atomic mass is 16.5. The van der Waals surface area contributed by atoms with Gasteiger partial charge in [0.05, 0.1) is 7.11 Å². The molecule has 1 heterocycles. The normalized spacial score (nSPS) is 20.6. The third kappa shape index (κ3) is 3.97. The zero-order valence-corrected chi connectivity index (χ0v) is 13.3. The van der Waals surface area contributed by atoms with Gasteiger partial charge in [-0.05, 0) is 56.1 Å². The molecule has 20 heavy (non-hydrogen) atoms. The third-order valence-corrected chi connectivity index (χ3v) is 4.50. The molecule has 3 nitrogen and oxygen atoms in total. The number of piperidine rings is 1. The largest absolute Gasteiger partial charge is 0.497 e. The van der Waals surface area contributed by atoms with Crippen LogP contribution in [0.15, 0.2) is 24.3 Å². The summed E-state index contributed by atoms with van der Waals surface area (Å²) in [5, 5.41) is 3.44. The van der Waals surface area contributed by atoms with Gasteiger partial charge in [0.2, 0.25) is 0 Å². The fraction of sp³-hybridized carbons (Fsp3) is 0.647. The molecule has 0 radical (unpaired) electrons. The molecule has 1 aromatic rings. The quantitative estimate of drug-likeness (QED) is 0.894. The Kier molecular flexibility index (Phi) is 5.06. The predicted molar refractivity (Wildman–Crippen MR) is 84.2 cm³/mol. The summed E-state index contributed by atoms with van der Waals surface area (Å²) < 4.78 is 5.33. The molecule has 1 aliphatic rings. The summed E-state index contributed by atoms with van der Waals surface area (Å²) in [4.78, 5) is 2.58. The van der Waals surface area contributed by atoms with E-state index in [0.717, 1.165) is 12.3 Å². The number of likely N-dealkylation sites (tertiary alicyclic amines) is 1. The molecule has 2 rings (SSSR count). The molecule has 0 amide bonds. The summed E-state index contributed by atoms with van der Waals surface area (Å²) in [6.07, 6.45) is 2.59. The Hall–Kier alpha value is -1.06. The molecule has 1 N–H and O–H groups in total. The van der Waals surface area contributed by atoms with Crippen molar-refractivity contribution >= 4 is 0 Å². The predicted octanol–water partition coefficient (Wildman–Crippen LogP) is 3.08. The van der Waals surface area contributed by atoms with Gasteiger partial charge in [0, 0.05) is 12.6 Å². The second kappa shape index (κ2) is 6.59. The lowest BCUT2D eigenvalue weighted by molar-refractivity contribution is 0.123. The van der Waals surface area contributed by atoms with Crippen LogP contribution in [0.3, 0.4) is 0 Å². The van der Waals surface area contributed by atoms with Crippen molar-refractivity contribution in [1.82, 2.24) is 10.2 Å². The summed E-state index contributed by atoms with van der Waals surface area (Å²) in [6.45, 7) is 8.23. The maximum atomic E-state index is 5.33.